The second-order valence-corrected chi connectivity index (χ2v) is 2.29. The van der Waals surface area contributed by atoms with Gasteiger partial charge in [0, 0.05) is 0 Å². The summed E-state index contributed by atoms with van der Waals surface area (Å²) in [5.41, 5.74) is 3.25. The first-order valence-electron chi connectivity index (χ1n) is 3.54. The molecule has 0 aliphatic rings. The molecule has 0 saturated heterocycles. The number of hydrogen-bond donors (Lipinski definition) is 1. The van der Waals surface area contributed by atoms with E-state index in [0.29, 0.717) is 6.08 Å². The van der Waals surface area contributed by atoms with E-state index < -0.39 is 23.4 Å². The van der Waals surface area contributed by atoms with E-state index in [0.717, 1.165) is 6.08 Å². The fraction of sp³-hybridized carbons (Fsp3) is 0.250. The second kappa shape index (κ2) is 4.59. The van der Waals surface area contributed by atoms with Crippen LogP contribution in [-0.4, -0.2) is 18.8 Å². The Morgan fingerprint density at radius 3 is 2.21 bits per heavy atom. The van der Waals surface area contributed by atoms with Gasteiger partial charge in [-0.15, -0.1) is 0 Å². The summed E-state index contributed by atoms with van der Waals surface area (Å²) in [4.78, 5) is 13.6. The number of hydrogen-bond acceptors (Lipinski definition) is 2. The number of carbonyl (C=O) groups is 1. The summed E-state index contributed by atoms with van der Waals surface area (Å²) < 4.78 is 36.5. The fourth-order valence-electron chi connectivity index (χ4n) is 0.671. The zero-order valence-corrected chi connectivity index (χ0v) is 7.43. The fourth-order valence-corrected chi connectivity index (χ4v) is 0.671. The molecule has 0 aromatic heterocycles. The Kier molecular flexibility index (Phi) is 4.07. The van der Waals surface area contributed by atoms with Gasteiger partial charge in [0.05, 0.1) is 5.57 Å². The number of alkyl halides is 3. The molecule has 3 nitrogen and oxygen atoms in total. The molecule has 0 atom stereocenters. The van der Waals surface area contributed by atoms with Crippen molar-refractivity contribution in [3.8, 4) is 0 Å². The lowest BCUT2D eigenvalue weighted by atomic mass is 10.2. The van der Waals surface area contributed by atoms with E-state index >= 15 is 0 Å². The predicted molar refractivity (Wildman–Crippen MR) is 46.6 cm³/mol. The van der Waals surface area contributed by atoms with Crippen molar-refractivity contribution in [1.29, 1.82) is 0 Å². The number of carbonyl (C=O) groups excluding carboxylic acids is 1. The molecule has 0 saturated carbocycles. The topological polar surface area (TPSA) is 55.4 Å². The van der Waals surface area contributed by atoms with Gasteiger partial charge in [0.15, 0.2) is 0 Å². The standard InChI is InChI=1S/C8H9F3N2O/c1-3-5(8(9,10)11)4-6(13-2)7(12)14/h3-4H,2H2,1H3,(H2,12,14)/b5-3+,6-4-. The van der Waals surface area contributed by atoms with Gasteiger partial charge in [0.1, 0.15) is 5.70 Å². The molecule has 1 amide bonds. The maximum atomic E-state index is 12.2. The van der Waals surface area contributed by atoms with E-state index in [4.69, 9.17) is 5.73 Å². The summed E-state index contributed by atoms with van der Waals surface area (Å²) in [5, 5.41) is 0. The van der Waals surface area contributed by atoms with Crippen LogP contribution in [0, 0.1) is 0 Å². The van der Waals surface area contributed by atoms with Gasteiger partial charge < -0.3 is 5.73 Å². The predicted octanol–water partition coefficient (Wildman–Crippen LogP) is 1.56. The molecule has 0 fully saturated rings. The van der Waals surface area contributed by atoms with Crippen LogP contribution in [0.15, 0.2) is 28.4 Å². The minimum atomic E-state index is -4.53. The summed E-state index contributed by atoms with van der Waals surface area (Å²) in [6, 6.07) is 0. The van der Waals surface area contributed by atoms with Crippen LogP contribution in [0.2, 0.25) is 0 Å². The lowest BCUT2D eigenvalue weighted by Crippen LogP contribution is -2.15. The van der Waals surface area contributed by atoms with Crippen molar-refractivity contribution in [3.63, 3.8) is 0 Å². The summed E-state index contributed by atoms with van der Waals surface area (Å²) >= 11 is 0. The number of halogens is 3. The number of allylic oxidation sites excluding steroid dienone is 3. The Morgan fingerprint density at radius 1 is 1.50 bits per heavy atom. The molecule has 0 unspecified atom stereocenters. The molecule has 14 heavy (non-hydrogen) atoms. The number of aliphatic imine (C=N–C) groups is 1. The van der Waals surface area contributed by atoms with Gasteiger partial charge >= 0.3 is 6.18 Å². The molecule has 0 bridgehead atoms. The first kappa shape index (κ1) is 12.4. The molecular weight excluding hydrogens is 197 g/mol. The van der Waals surface area contributed by atoms with Gasteiger partial charge in [0.2, 0.25) is 0 Å². The van der Waals surface area contributed by atoms with Crippen molar-refractivity contribution in [2.75, 3.05) is 0 Å². The summed E-state index contributed by atoms with van der Waals surface area (Å²) in [6.07, 6.45) is -3.16. The lowest BCUT2D eigenvalue weighted by molar-refractivity contribution is -0.114. The highest BCUT2D eigenvalue weighted by Gasteiger charge is 2.31. The van der Waals surface area contributed by atoms with Gasteiger partial charge in [-0.05, 0) is 19.7 Å². The zero-order chi connectivity index (χ0) is 11.4. The van der Waals surface area contributed by atoms with Crippen molar-refractivity contribution in [2.45, 2.75) is 13.1 Å². The minimum absolute atomic E-state index is 0.518. The lowest BCUT2D eigenvalue weighted by Gasteiger charge is -2.06. The number of nitrogens with zero attached hydrogens (tertiary/aromatic N) is 1. The van der Waals surface area contributed by atoms with E-state index in [2.05, 4.69) is 11.7 Å². The van der Waals surface area contributed by atoms with Gasteiger partial charge in [0.25, 0.3) is 5.91 Å². The number of amides is 1. The zero-order valence-electron chi connectivity index (χ0n) is 7.43. The molecule has 0 aliphatic carbocycles. The molecule has 6 heteroatoms. The van der Waals surface area contributed by atoms with E-state index in [1.165, 1.54) is 6.92 Å². The van der Waals surface area contributed by atoms with Gasteiger partial charge in [-0.1, -0.05) is 6.08 Å². The third-order valence-corrected chi connectivity index (χ3v) is 1.35. The van der Waals surface area contributed by atoms with Crippen LogP contribution in [0.1, 0.15) is 6.92 Å². The Balaban J connectivity index is 5.12. The van der Waals surface area contributed by atoms with Crippen LogP contribution in [0.3, 0.4) is 0 Å². The highest BCUT2D eigenvalue weighted by Crippen LogP contribution is 2.27. The first-order chi connectivity index (χ1) is 6.32. The Labute approximate surface area is 78.8 Å². The van der Waals surface area contributed by atoms with Crippen molar-refractivity contribution < 1.29 is 18.0 Å². The smallest absolute Gasteiger partial charge is 0.364 e. The van der Waals surface area contributed by atoms with Gasteiger partial charge in [-0.3, -0.25) is 9.79 Å². The average molecular weight is 206 g/mol. The quantitative estimate of drug-likeness (QED) is 0.425. The Bertz CT molecular complexity index is 302. The first-order valence-corrected chi connectivity index (χ1v) is 3.54. The molecule has 0 spiro atoms. The van der Waals surface area contributed by atoms with Gasteiger partial charge in [-0.25, -0.2) is 0 Å². The number of rotatable bonds is 3. The van der Waals surface area contributed by atoms with Crippen molar-refractivity contribution in [3.05, 3.63) is 23.4 Å². The van der Waals surface area contributed by atoms with E-state index in [9.17, 15) is 18.0 Å². The van der Waals surface area contributed by atoms with Gasteiger partial charge in [-0.2, -0.15) is 13.2 Å². The Hall–Kier alpha value is -1.59. The third-order valence-electron chi connectivity index (χ3n) is 1.35. The molecule has 0 heterocycles. The molecule has 0 radical (unpaired) electrons. The van der Waals surface area contributed by atoms with Crippen molar-refractivity contribution in [1.82, 2.24) is 0 Å². The monoisotopic (exact) mass is 206 g/mol. The van der Waals surface area contributed by atoms with Crippen LogP contribution in [0.4, 0.5) is 13.2 Å². The van der Waals surface area contributed by atoms with Crippen LogP contribution in [0.5, 0.6) is 0 Å². The highest BCUT2D eigenvalue weighted by molar-refractivity contribution is 5.92. The molecule has 78 valence electrons. The maximum Gasteiger partial charge on any atom is 0.416 e. The van der Waals surface area contributed by atoms with Crippen LogP contribution in [-0.2, 0) is 4.79 Å². The molecule has 0 aromatic rings. The number of primary amides is 1. The summed E-state index contributed by atoms with van der Waals surface area (Å²) in [5.74, 6) is -1.05. The largest absolute Gasteiger partial charge is 0.416 e. The van der Waals surface area contributed by atoms with Crippen LogP contribution in [0.25, 0.3) is 0 Å². The molecule has 0 aromatic carbocycles. The SMILES string of the molecule is C=N/C(=C\C(=C/C)C(F)(F)F)C(N)=O. The molecular formula is C8H9F3N2O. The van der Waals surface area contributed by atoms with Crippen molar-refractivity contribution >= 4 is 12.6 Å². The van der Waals surface area contributed by atoms with Crippen molar-refractivity contribution in [2.24, 2.45) is 10.7 Å². The van der Waals surface area contributed by atoms with E-state index in [-0.39, 0.29) is 0 Å². The second-order valence-electron chi connectivity index (χ2n) is 2.29. The third kappa shape index (κ3) is 3.42. The molecule has 0 rings (SSSR count). The highest BCUT2D eigenvalue weighted by atomic mass is 19.4. The van der Waals surface area contributed by atoms with E-state index in [1.807, 2.05) is 0 Å². The molecule has 2 N–H and O–H groups in total. The minimum Gasteiger partial charge on any atom is -0.364 e. The number of nitrogens with two attached hydrogens (primary N) is 1. The average Bonchev–Trinajstić information content (AvgIpc) is 2.03. The summed E-state index contributed by atoms with van der Waals surface area (Å²) in [6.45, 7) is 4.13. The molecule has 0 aliphatic heterocycles. The van der Waals surface area contributed by atoms with Crippen LogP contribution >= 0.6 is 0 Å². The summed E-state index contributed by atoms with van der Waals surface area (Å²) in [7, 11) is 0. The van der Waals surface area contributed by atoms with Crippen LogP contribution < -0.4 is 5.73 Å². The maximum absolute atomic E-state index is 12.2. The van der Waals surface area contributed by atoms with E-state index in [1.54, 1.807) is 0 Å². The normalized spacial score (nSPS) is 14.0. The Morgan fingerprint density at radius 2 is 2.00 bits per heavy atom.